The van der Waals surface area contributed by atoms with E-state index in [2.05, 4.69) is 10.5 Å². The summed E-state index contributed by atoms with van der Waals surface area (Å²) in [6.45, 7) is 1.97. The van der Waals surface area contributed by atoms with Gasteiger partial charge in [0.2, 0.25) is 0 Å². The second-order valence-electron chi connectivity index (χ2n) is 5.81. The number of nitrogens with one attached hydrogen (secondary N) is 1. The number of hydrazone groups is 1. The first-order valence-electron chi connectivity index (χ1n) is 8.39. The molecule has 6 heteroatoms. The van der Waals surface area contributed by atoms with Gasteiger partial charge in [0.05, 0.1) is 19.6 Å². The number of nitrogens with zero attached hydrogens (tertiary/aromatic N) is 1. The topological polar surface area (TPSA) is 77.0 Å². The fourth-order valence-corrected chi connectivity index (χ4v) is 2.97. The van der Waals surface area contributed by atoms with Crippen molar-refractivity contribution in [3.63, 3.8) is 0 Å². The fourth-order valence-electron chi connectivity index (χ4n) is 2.97. The average molecular weight is 352 g/mol. The Hall–Kier alpha value is -3.15. The number of carbonyl (C=O) groups is 2. The molecule has 2 atom stereocenters. The van der Waals surface area contributed by atoms with Crippen LogP contribution >= 0.6 is 0 Å². The number of hydrogen-bond acceptors (Lipinski definition) is 6. The van der Waals surface area contributed by atoms with Crippen LogP contribution in [0.25, 0.3) is 0 Å². The quantitative estimate of drug-likeness (QED) is 0.639. The third-order valence-electron chi connectivity index (χ3n) is 4.25. The zero-order valence-corrected chi connectivity index (χ0v) is 14.6. The summed E-state index contributed by atoms with van der Waals surface area (Å²) in [5.74, 6) is -0.494. The van der Waals surface area contributed by atoms with Crippen LogP contribution in [0.2, 0.25) is 0 Å². The van der Waals surface area contributed by atoms with E-state index in [1.807, 2.05) is 18.2 Å². The molecule has 0 bridgehead atoms. The minimum Gasteiger partial charge on any atom is -0.497 e. The van der Waals surface area contributed by atoms with Gasteiger partial charge >= 0.3 is 5.97 Å². The molecule has 1 aliphatic rings. The Labute approximate surface area is 151 Å². The van der Waals surface area contributed by atoms with Crippen LogP contribution in [0.15, 0.2) is 59.7 Å². The summed E-state index contributed by atoms with van der Waals surface area (Å²) in [4.78, 5) is 25.3. The van der Waals surface area contributed by atoms with Crippen molar-refractivity contribution in [1.82, 2.24) is 5.43 Å². The monoisotopic (exact) mass is 352 g/mol. The van der Waals surface area contributed by atoms with Gasteiger partial charge in [-0.3, -0.25) is 10.2 Å². The molecule has 0 radical (unpaired) electrons. The normalized spacial score (nSPS) is 18.6. The van der Waals surface area contributed by atoms with Crippen molar-refractivity contribution < 1.29 is 19.1 Å². The van der Waals surface area contributed by atoms with Crippen molar-refractivity contribution in [2.45, 2.75) is 18.9 Å². The molecule has 6 nitrogen and oxygen atoms in total. The minimum absolute atomic E-state index is 0.130. The van der Waals surface area contributed by atoms with Gasteiger partial charge in [-0.1, -0.05) is 42.5 Å². The van der Waals surface area contributed by atoms with E-state index in [0.29, 0.717) is 11.3 Å². The standard InChI is InChI=1S/C20H20N2O4/c1-3-26-20(24)18-16(13-9-11-15(25-2)12-10-13)17(21-22-18)19(23)14-7-5-4-6-8-14/h4-12,16-17,21H,3H2,1-2H3/t16-,17-/m0/s1. The number of esters is 1. The lowest BCUT2D eigenvalue weighted by Gasteiger charge is -2.20. The molecule has 0 aromatic heterocycles. The van der Waals surface area contributed by atoms with Crippen LogP contribution in [0.4, 0.5) is 0 Å². The molecule has 0 spiro atoms. The first-order chi connectivity index (χ1) is 12.7. The molecule has 2 aromatic rings. The van der Waals surface area contributed by atoms with E-state index in [0.717, 1.165) is 5.56 Å². The second-order valence-corrected chi connectivity index (χ2v) is 5.81. The number of carbonyl (C=O) groups excluding carboxylic acids is 2. The van der Waals surface area contributed by atoms with Gasteiger partial charge < -0.3 is 9.47 Å². The van der Waals surface area contributed by atoms with E-state index >= 15 is 0 Å². The van der Waals surface area contributed by atoms with Crippen molar-refractivity contribution in [2.75, 3.05) is 13.7 Å². The number of methoxy groups -OCH3 is 1. The van der Waals surface area contributed by atoms with Crippen LogP contribution in [0.1, 0.15) is 28.8 Å². The maximum atomic E-state index is 13.0. The summed E-state index contributed by atoms with van der Waals surface area (Å²) >= 11 is 0. The molecule has 26 heavy (non-hydrogen) atoms. The van der Waals surface area contributed by atoms with Gasteiger partial charge in [-0.2, -0.15) is 5.10 Å². The third kappa shape index (κ3) is 3.44. The summed E-state index contributed by atoms with van der Waals surface area (Å²) in [6, 6.07) is 15.5. The van der Waals surface area contributed by atoms with Gasteiger partial charge in [-0.05, 0) is 24.6 Å². The summed E-state index contributed by atoms with van der Waals surface area (Å²) in [6.07, 6.45) is 0. The molecule has 0 saturated carbocycles. The Kier molecular flexibility index (Phi) is 5.31. The molecule has 0 aliphatic carbocycles. The highest BCUT2D eigenvalue weighted by Gasteiger charge is 2.41. The molecular weight excluding hydrogens is 332 g/mol. The predicted octanol–water partition coefficient (Wildman–Crippen LogP) is 2.55. The van der Waals surface area contributed by atoms with E-state index < -0.39 is 17.9 Å². The molecule has 0 unspecified atom stereocenters. The van der Waals surface area contributed by atoms with Crippen LogP contribution in [-0.2, 0) is 9.53 Å². The van der Waals surface area contributed by atoms with E-state index in [1.54, 1.807) is 50.4 Å². The summed E-state index contributed by atoms with van der Waals surface area (Å²) in [7, 11) is 1.58. The highest BCUT2D eigenvalue weighted by atomic mass is 16.5. The van der Waals surface area contributed by atoms with Crippen molar-refractivity contribution in [3.05, 3.63) is 65.7 Å². The Morgan fingerprint density at radius 3 is 2.38 bits per heavy atom. The molecule has 134 valence electrons. The van der Waals surface area contributed by atoms with Crippen LogP contribution in [0, 0.1) is 0 Å². The molecule has 0 fully saturated rings. The average Bonchev–Trinajstić information content (AvgIpc) is 3.13. The zero-order chi connectivity index (χ0) is 18.5. The Balaban J connectivity index is 1.96. The van der Waals surface area contributed by atoms with Crippen molar-refractivity contribution in [3.8, 4) is 5.75 Å². The Morgan fingerprint density at radius 1 is 1.08 bits per heavy atom. The van der Waals surface area contributed by atoms with E-state index in [1.165, 1.54) is 0 Å². The molecule has 2 aromatic carbocycles. The SMILES string of the molecule is CCOC(=O)C1=NN[C@H](C(=O)c2ccccc2)[C@@H]1c1ccc(OC)cc1. The zero-order valence-electron chi connectivity index (χ0n) is 14.6. The van der Waals surface area contributed by atoms with Crippen LogP contribution in [-0.4, -0.2) is 37.2 Å². The maximum absolute atomic E-state index is 13.0. The van der Waals surface area contributed by atoms with Gasteiger partial charge in [0.15, 0.2) is 11.5 Å². The van der Waals surface area contributed by atoms with Gasteiger partial charge in [0, 0.05) is 5.56 Å². The van der Waals surface area contributed by atoms with Gasteiger partial charge in [0.25, 0.3) is 0 Å². The van der Waals surface area contributed by atoms with Crippen molar-refractivity contribution in [2.24, 2.45) is 5.10 Å². The first-order valence-corrected chi connectivity index (χ1v) is 8.39. The molecule has 0 amide bonds. The maximum Gasteiger partial charge on any atom is 0.355 e. The molecule has 3 rings (SSSR count). The Bertz CT molecular complexity index is 815. The molecule has 0 saturated heterocycles. The smallest absolute Gasteiger partial charge is 0.355 e. The number of ketones is 1. The molecular formula is C20H20N2O4. The number of Topliss-reactive ketones (excluding diaryl/α,β-unsaturated/α-hetero) is 1. The largest absolute Gasteiger partial charge is 0.497 e. The molecule has 1 aliphatic heterocycles. The van der Waals surface area contributed by atoms with Crippen molar-refractivity contribution >= 4 is 17.5 Å². The molecule has 1 N–H and O–H groups in total. The summed E-state index contributed by atoms with van der Waals surface area (Å²) in [5, 5.41) is 4.12. The first kappa shape index (κ1) is 17.7. The van der Waals surface area contributed by atoms with Crippen LogP contribution < -0.4 is 10.2 Å². The lowest BCUT2D eigenvalue weighted by atomic mass is 9.84. The number of ether oxygens (including phenoxy) is 2. The van der Waals surface area contributed by atoms with Gasteiger partial charge in [0.1, 0.15) is 11.8 Å². The van der Waals surface area contributed by atoms with Crippen LogP contribution in [0.5, 0.6) is 5.75 Å². The minimum atomic E-state index is -0.676. The highest BCUT2D eigenvalue weighted by molar-refractivity contribution is 6.40. The number of rotatable bonds is 6. The lowest BCUT2D eigenvalue weighted by molar-refractivity contribution is -0.135. The van der Waals surface area contributed by atoms with Gasteiger partial charge in [-0.15, -0.1) is 0 Å². The summed E-state index contributed by atoms with van der Waals surface area (Å²) in [5.41, 5.74) is 4.38. The van der Waals surface area contributed by atoms with E-state index in [4.69, 9.17) is 9.47 Å². The number of benzene rings is 2. The third-order valence-corrected chi connectivity index (χ3v) is 4.25. The Morgan fingerprint density at radius 2 is 1.77 bits per heavy atom. The van der Waals surface area contributed by atoms with Crippen LogP contribution in [0.3, 0.4) is 0 Å². The van der Waals surface area contributed by atoms with Gasteiger partial charge in [-0.25, -0.2) is 4.79 Å². The summed E-state index contributed by atoms with van der Waals surface area (Å²) < 4.78 is 10.3. The van der Waals surface area contributed by atoms with Crippen molar-refractivity contribution in [1.29, 1.82) is 0 Å². The van der Waals surface area contributed by atoms with E-state index in [-0.39, 0.29) is 18.1 Å². The highest BCUT2D eigenvalue weighted by Crippen LogP contribution is 2.30. The lowest BCUT2D eigenvalue weighted by Crippen LogP contribution is -2.37. The second kappa shape index (κ2) is 7.82. The predicted molar refractivity (Wildman–Crippen MR) is 97.5 cm³/mol. The molecule has 1 heterocycles. The van der Waals surface area contributed by atoms with E-state index in [9.17, 15) is 9.59 Å². The number of hydrogen-bond donors (Lipinski definition) is 1. The fraction of sp³-hybridized carbons (Fsp3) is 0.250.